The van der Waals surface area contributed by atoms with Crippen LogP contribution in [0.1, 0.15) is 44.8 Å². The van der Waals surface area contributed by atoms with Crippen molar-refractivity contribution in [3.63, 3.8) is 0 Å². The number of hydrogen-bond donors (Lipinski definition) is 1. The van der Waals surface area contributed by atoms with E-state index >= 15 is 0 Å². The molecule has 0 saturated heterocycles. The van der Waals surface area contributed by atoms with Crippen LogP contribution in [0.3, 0.4) is 0 Å². The predicted octanol–water partition coefficient (Wildman–Crippen LogP) is 3.55. The van der Waals surface area contributed by atoms with Gasteiger partial charge in [-0.05, 0) is 13.3 Å². The SMILES string of the molecule is CC(CCCl)NCc1nc(C(C)(C)C)cs1. The van der Waals surface area contributed by atoms with Crippen LogP contribution in [0.15, 0.2) is 5.38 Å². The summed E-state index contributed by atoms with van der Waals surface area (Å²) in [7, 11) is 0. The van der Waals surface area contributed by atoms with Crippen molar-refractivity contribution in [1.29, 1.82) is 0 Å². The molecule has 0 aliphatic heterocycles. The number of hydrogen-bond acceptors (Lipinski definition) is 3. The maximum atomic E-state index is 5.69. The van der Waals surface area contributed by atoms with Gasteiger partial charge < -0.3 is 5.32 Å². The Kier molecular flexibility index (Phi) is 5.22. The van der Waals surface area contributed by atoms with Crippen molar-refractivity contribution < 1.29 is 0 Å². The third kappa shape index (κ3) is 4.40. The molecule has 1 heterocycles. The van der Waals surface area contributed by atoms with Gasteiger partial charge in [-0.25, -0.2) is 4.98 Å². The first-order chi connectivity index (χ1) is 7.43. The van der Waals surface area contributed by atoms with Crippen molar-refractivity contribution in [2.24, 2.45) is 0 Å². The molecule has 0 aliphatic rings. The van der Waals surface area contributed by atoms with Gasteiger partial charge in [-0.3, -0.25) is 0 Å². The molecule has 1 aromatic rings. The number of rotatable bonds is 5. The highest BCUT2D eigenvalue weighted by Crippen LogP contribution is 2.23. The van der Waals surface area contributed by atoms with Gasteiger partial charge in [0, 0.05) is 29.3 Å². The molecule has 1 atom stereocenters. The second kappa shape index (κ2) is 5.99. The normalized spacial score (nSPS) is 14.1. The maximum absolute atomic E-state index is 5.69. The van der Waals surface area contributed by atoms with Crippen LogP contribution in [0.25, 0.3) is 0 Å². The van der Waals surface area contributed by atoms with Crippen LogP contribution in [-0.4, -0.2) is 16.9 Å². The summed E-state index contributed by atoms with van der Waals surface area (Å²) in [6.45, 7) is 9.57. The van der Waals surface area contributed by atoms with E-state index in [0.717, 1.165) is 18.0 Å². The minimum Gasteiger partial charge on any atom is -0.308 e. The first-order valence-corrected chi connectivity index (χ1v) is 7.09. The third-order valence-electron chi connectivity index (χ3n) is 2.46. The number of thiazole rings is 1. The first kappa shape index (κ1) is 13.9. The van der Waals surface area contributed by atoms with Gasteiger partial charge in [-0.2, -0.15) is 0 Å². The summed E-state index contributed by atoms with van der Waals surface area (Å²) in [5.74, 6) is 0.708. The number of nitrogens with zero attached hydrogens (tertiary/aromatic N) is 1. The monoisotopic (exact) mass is 260 g/mol. The lowest BCUT2D eigenvalue weighted by atomic mass is 9.93. The Bertz CT molecular complexity index is 317. The molecule has 0 amide bonds. The maximum Gasteiger partial charge on any atom is 0.107 e. The number of aromatic nitrogens is 1. The molecule has 0 aromatic carbocycles. The van der Waals surface area contributed by atoms with Gasteiger partial charge in [-0.15, -0.1) is 22.9 Å². The third-order valence-corrected chi connectivity index (χ3v) is 3.53. The lowest BCUT2D eigenvalue weighted by Gasteiger charge is -2.14. The molecule has 92 valence electrons. The molecule has 0 saturated carbocycles. The highest BCUT2D eigenvalue weighted by molar-refractivity contribution is 7.09. The second-order valence-electron chi connectivity index (χ2n) is 5.14. The van der Waals surface area contributed by atoms with Crippen LogP contribution in [0, 0.1) is 0 Å². The Labute approximate surface area is 107 Å². The molecule has 2 nitrogen and oxygen atoms in total. The molecule has 1 aromatic heterocycles. The minimum absolute atomic E-state index is 0.149. The van der Waals surface area contributed by atoms with Crippen LogP contribution in [-0.2, 0) is 12.0 Å². The van der Waals surface area contributed by atoms with Gasteiger partial charge in [0.1, 0.15) is 5.01 Å². The average molecular weight is 261 g/mol. The van der Waals surface area contributed by atoms with Crippen molar-refractivity contribution in [2.45, 2.75) is 52.1 Å². The largest absolute Gasteiger partial charge is 0.308 e. The summed E-state index contributed by atoms with van der Waals surface area (Å²) in [5.41, 5.74) is 1.33. The van der Waals surface area contributed by atoms with E-state index in [4.69, 9.17) is 11.6 Å². The Balaban J connectivity index is 2.47. The average Bonchev–Trinajstić information content (AvgIpc) is 2.63. The number of halogens is 1. The zero-order valence-corrected chi connectivity index (χ0v) is 12.1. The van der Waals surface area contributed by atoms with Crippen molar-refractivity contribution in [3.05, 3.63) is 16.1 Å². The fourth-order valence-electron chi connectivity index (χ4n) is 1.26. The Morgan fingerprint density at radius 2 is 2.19 bits per heavy atom. The summed E-state index contributed by atoms with van der Waals surface area (Å²) in [6, 6.07) is 0.458. The van der Waals surface area contributed by atoms with Gasteiger partial charge >= 0.3 is 0 Å². The van der Waals surface area contributed by atoms with Gasteiger partial charge in [0.2, 0.25) is 0 Å². The first-order valence-electron chi connectivity index (χ1n) is 5.67. The summed E-state index contributed by atoms with van der Waals surface area (Å²) in [5, 5.41) is 6.74. The number of nitrogens with one attached hydrogen (secondary N) is 1. The highest BCUT2D eigenvalue weighted by Gasteiger charge is 2.17. The topological polar surface area (TPSA) is 24.9 Å². The quantitative estimate of drug-likeness (QED) is 0.819. The standard InChI is InChI=1S/C12H21ClN2S/c1-9(5-6-13)14-7-11-15-10(8-16-11)12(2,3)4/h8-9,14H,5-7H2,1-4H3. The Morgan fingerprint density at radius 1 is 1.50 bits per heavy atom. The highest BCUT2D eigenvalue weighted by atomic mass is 35.5. The minimum atomic E-state index is 0.149. The Morgan fingerprint density at radius 3 is 2.69 bits per heavy atom. The van der Waals surface area contributed by atoms with Gasteiger partial charge in [-0.1, -0.05) is 20.8 Å². The van der Waals surface area contributed by atoms with E-state index in [2.05, 4.69) is 43.4 Å². The van der Waals surface area contributed by atoms with E-state index in [1.165, 1.54) is 5.69 Å². The van der Waals surface area contributed by atoms with Gasteiger partial charge in [0.25, 0.3) is 0 Å². The molecule has 16 heavy (non-hydrogen) atoms. The molecule has 0 spiro atoms. The molecule has 0 fully saturated rings. The van der Waals surface area contributed by atoms with Crippen LogP contribution < -0.4 is 5.32 Å². The Hall–Kier alpha value is -0.120. The predicted molar refractivity (Wildman–Crippen MR) is 72.5 cm³/mol. The van der Waals surface area contributed by atoms with Crippen molar-refractivity contribution in [3.8, 4) is 0 Å². The molecule has 4 heteroatoms. The van der Waals surface area contributed by atoms with Crippen LogP contribution >= 0.6 is 22.9 Å². The molecule has 0 aliphatic carbocycles. The fraction of sp³-hybridized carbons (Fsp3) is 0.750. The molecule has 0 bridgehead atoms. The molecule has 0 radical (unpaired) electrons. The molecule has 1 N–H and O–H groups in total. The molecular weight excluding hydrogens is 240 g/mol. The zero-order chi connectivity index (χ0) is 12.2. The number of alkyl halides is 1. The van der Waals surface area contributed by atoms with E-state index in [1.807, 2.05) is 0 Å². The van der Waals surface area contributed by atoms with E-state index < -0.39 is 0 Å². The van der Waals surface area contributed by atoms with E-state index in [1.54, 1.807) is 11.3 Å². The van der Waals surface area contributed by atoms with E-state index in [-0.39, 0.29) is 5.41 Å². The van der Waals surface area contributed by atoms with Crippen molar-refractivity contribution in [1.82, 2.24) is 10.3 Å². The molecule has 1 rings (SSSR count). The lowest BCUT2D eigenvalue weighted by molar-refractivity contribution is 0.529. The zero-order valence-electron chi connectivity index (χ0n) is 10.5. The lowest BCUT2D eigenvalue weighted by Crippen LogP contribution is -2.25. The second-order valence-corrected chi connectivity index (χ2v) is 6.46. The van der Waals surface area contributed by atoms with Gasteiger partial charge in [0.15, 0.2) is 0 Å². The van der Waals surface area contributed by atoms with E-state index in [9.17, 15) is 0 Å². The van der Waals surface area contributed by atoms with E-state index in [0.29, 0.717) is 11.9 Å². The summed E-state index contributed by atoms with van der Waals surface area (Å²) in [4.78, 5) is 4.64. The smallest absolute Gasteiger partial charge is 0.107 e. The molecular formula is C12H21ClN2S. The van der Waals surface area contributed by atoms with Gasteiger partial charge in [0.05, 0.1) is 5.69 Å². The summed E-state index contributed by atoms with van der Waals surface area (Å²) >= 11 is 7.42. The fourth-order valence-corrected chi connectivity index (χ4v) is 2.56. The van der Waals surface area contributed by atoms with Crippen LogP contribution in [0.2, 0.25) is 0 Å². The summed E-state index contributed by atoms with van der Waals surface area (Å²) < 4.78 is 0. The molecule has 1 unspecified atom stereocenters. The van der Waals surface area contributed by atoms with Crippen LogP contribution in [0.5, 0.6) is 0 Å². The van der Waals surface area contributed by atoms with Crippen molar-refractivity contribution >= 4 is 22.9 Å². The van der Waals surface area contributed by atoms with Crippen molar-refractivity contribution in [2.75, 3.05) is 5.88 Å². The van der Waals surface area contributed by atoms with Crippen LogP contribution in [0.4, 0.5) is 0 Å². The summed E-state index contributed by atoms with van der Waals surface area (Å²) in [6.07, 6.45) is 0.999.